The number of fused-ring (bicyclic) bond motifs is 7. The van der Waals surface area contributed by atoms with Gasteiger partial charge in [0, 0.05) is 56.8 Å². The van der Waals surface area contributed by atoms with Crippen LogP contribution in [0.15, 0.2) is 59.2 Å². The van der Waals surface area contributed by atoms with Crippen LogP contribution in [-0.2, 0) is 17.9 Å². The van der Waals surface area contributed by atoms with E-state index in [0.29, 0.717) is 24.9 Å². The van der Waals surface area contributed by atoms with Gasteiger partial charge in [0.05, 0.1) is 6.61 Å². The zero-order chi connectivity index (χ0) is 23.3. The van der Waals surface area contributed by atoms with Crippen LogP contribution in [0, 0.1) is 0 Å². The number of furan rings is 1. The number of rotatable bonds is 1. The number of piperazine rings is 1. The van der Waals surface area contributed by atoms with Crippen molar-refractivity contribution < 1.29 is 9.15 Å². The van der Waals surface area contributed by atoms with E-state index < -0.39 is 0 Å². The summed E-state index contributed by atoms with van der Waals surface area (Å²) in [5.41, 5.74) is 4.29. The Morgan fingerprint density at radius 3 is 2.71 bits per heavy atom. The van der Waals surface area contributed by atoms with Crippen LogP contribution in [-0.4, -0.2) is 73.2 Å². The van der Waals surface area contributed by atoms with E-state index in [4.69, 9.17) is 9.15 Å². The van der Waals surface area contributed by atoms with Crippen LogP contribution < -0.4 is 10.2 Å². The van der Waals surface area contributed by atoms with E-state index in [1.54, 1.807) is 6.20 Å². The smallest absolute Gasteiger partial charge is 0.227 e. The standard InChI is InChI=1S/C26H32N6O2/c1-30-12-14-32(15-13-30)24-7-5-21-17-20(24)18-31(2)11-3-4-16-33-19-22-6-8-25(34-22)23-9-10-27-26(28-21)29-23/h3-10,17H,11-16,18-19H2,1-2H3,(H,27,28,29)/b4-3+. The molecule has 5 rings (SSSR count). The molecule has 0 amide bonds. The summed E-state index contributed by atoms with van der Waals surface area (Å²) in [5, 5.41) is 3.39. The molecule has 8 heteroatoms. The Bertz CT molecular complexity index is 1140. The zero-order valence-corrected chi connectivity index (χ0v) is 19.9. The third-order valence-electron chi connectivity index (χ3n) is 6.23. The van der Waals surface area contributed by atoms with Crippen LogP contribution in [0.1, 0.15) is 11.3 Å². The van der Waals surface area contributed by atoms with Crippen molar-refractivity contribution in [1.29, 1.82) is 0 Å². The van der Waals surface area contributed by atoms with Gasteiger partial charge >= 0.3 is 0 Å². The highest BCUT2D eigenvalue weighted by atomic mass is 16.5. The quantitative estimate of drug-likeness (QED) is 0.551. The Hall–Kier alpha value is -3.20. The Labute approximate surface area is 200 Å². The molecule has 1 aromatic carbocycles. The molecule has 2 aliphatic heterocycles. The largest absolute Gasteiger partial charge is 0.457 e. The van der Waals surface area contributed by atoms with Gasteiger partial charge in [-0.15, -0.1) is 0 Å². The second-order valence-corrected chi connectivity index (χ2v) is 8.97. The van der Waals surface area contributed by atoms with Crippen molar-refractivity contribution in [3.63, 3.8) is 0 Å². The minimum Gasteiger partial charge on any atom is -0.457 e. The van der Waals surface area contributed by atoms with Crippen LogP contribution in [0.5, 0.6) is 0 Å². The number of likely N-dealkylation sites (N-methyl/N-ethyl adjacent to an activating group) is 2. The lowest BCUT2D eigenvalue weighted by molar-refractivity contribution is 0.132. The summed E-state index contributed by atoms with van der Waals surface area (Å²) in [7, 11) is 4.33. The molecule has 2 aliphatic rings. The number of benzene rings is 1. The molecule has 178 valence electrons. The van der Waals surface area contributed by atoms with Crippen molar-refractivity contribution >= 4 is 17.3 Å². The summed E-state index contributed by atoms with van der Waals surface area (Å²) in [6.45, 7) is 6.89. The Kier molecular flexibility index (Phi) is 6.89. The molecule has 0 atom stereocenters. The number of aromatic nitrogens is 2. The molecular weight excluding hydrogens is 428 g/mol. The summed E-state index contributed by atoms with van der Waals surface area (Å²) in [4.78, 5) is 16.3. The Morgan fingerprint density at radius 2 is 1.82 bits per heavy atom. The van der Waals surface area contributed by atoms with Crippen LogP contribution in [0.3, 0.4) is 0 Å². The molecule has 1 N–H and O–H groups in total. The number of hydrogen-bond donors (Lipinski definition) is 1. The highest BCUT2D eigenvalue weighted by molar-refractivity contribution is 5.65. The monoisotopic (exact) mass is 460 g/mol. The lowest BCUT2D eigenvalue weighted by Gasteiger charge is -2.35. The van der Waals surface area contributed by atoms with Gasteiger partial charge in [-0.1, -0.05) is 12.2 Å². The van der Waals surface area contributed by atoms with E-state index in [1.165, 1.54) is 11.3 Å². The van der Waals surface area contributed by atoms with E-state index in [9.17, 15) is 0 Å². The van der Waals surface area contributed by atoms with E-state index in [-0.39, 0.29) is 0 Å². The highest BCUT2D eigenvalue weighted by Gasteiger charge is 2.18. The molecule has 0 saturated carbocycles. The molecule has 0 unspecified atom stereocenters. The molecule has 1 saturated heterocycles. The Morgan fingerprint density at radius 1 is 0.941 bits per heavy atom. The van der Waals surface area contributed by atoms with Crippen molar-refractivity contribution in [2.45, 2.75) is 13.2 Å². The molecule has 6 bridgehead atoms. The topological polar surface area (TPSA) is 69.9 Å². The molecule has 4 heterocycles. The summed E-state index contributed by atoms with van der Waals surface area (Å²) in [6.07, 6.45) is 5.98. The molecule has 2 aromatic heterocycles. The predicted octanol–water partition coefficient (Wildman–Crippen LogP) is 3.75. The van der Waals surface area contributed by atoms with Gasteiger partial charge < -0.3 is 24.3 Å². The number of nitrogens with one attached hydrogen (secondary N) is 1. The first kappa shape index (κ1) is 22.6. The molecule has 3 aromatic rings. The van der Waals surface area contributed by atoms with Crippen molar-refractivity contribution in [3.05, 3.63) is 66.1 Å². The van der Waals surface area contributed by atoms with Gasteiger partial charge in [0.15, 0.2) is 5.76 Å². The number of ether oxygens (including phenoxy) is 1. The third kappa shape index (κ3) is 5.47. The molecule has 8 nitrogen and oxygen atoms in total. The minimum atomic E-state index is 0.426. The van der Waals surface area contributed by atoms with Gasteiger partial charge in [0.2, 0.25) is 5.95 Å². The van der Waals surface area contributed by atoms with E-state index in [2.05, 4.69) is 74.4 Å². The maximum Gasteiger partial charge on any atom is 0.227 e. The summed E-state index contributed by atoms with van der Waals surface area (Å²) in [6, 6.07) is 12.3. The molecule has 0 aliphatic carbocycles. The average molecular weight is 461 g/mol. The Balaban J connectivity index is 1.47. The first-order valence-electron chi connectivity index (χ1n) is 11.8. The van der Waals surface area contributed by atoms with Gasteiger partial charge in [-0.2, -0.15) is 0 Å². The number of nitrogens with zero attached hydrogens (tertiary/aromatic N) is 5. The van der Waals surface area contributed by atoms with Gasteiger partial charge in [-0.25, -0.2) is 9.97 Å². The van der Waals surface area contributed by atoms with Gasteiger partial charge in [0.25, 0.3) is 0 Å². The fourth-order valence-electron chi connectivity index (χ4n) is 4.33. The van der Waals surface area contributed by atoms with Crippen LogP contribution >= 0.6 is 0 Å². The van der Waals surface area contributed by atoms with Crippen molar-refractivity contribution in [2.24, 2.45) is 0 Å². The van der Waals surface area contributed by atoms with Gasteiger partial charge in [-0.3, -0.25) is 4.90 Å². The van der Waals surface area contributed by atoms with Crippen molar-refractivity contribution in [3.8, 4) is 11.5 Å². The van der Waals surface area contributed by atoms with Crippen molar-refractivity contribution in [2.75, 3.05) is 63.6 Å². The second kappa shape index (κ2) is 10.4. The highest BCUT2D eigenvalue weighted by Crippen LogP contribution is 2.28. The second-order valence-electron chi connectivity index (χ2n) is 8.97. The fourth-order valence-corrected chi connectivity index (χ4v) is 4.33. The lowest BCUT2D eigenvalue weighted by atomic mass is 10.1. The van der Waals surface area contributed by atoms with Crippen molar-refractivity contribution in [1.82, 2.24) is 19.8 Å². The first-order valence-corrected chi connectivity index (χ1v) is 11.8. The fraction of sp³-hybridized carbons (Fsp3) is 0.385. The number of hydrogen-bond acceptors (Lipinski definition) is 8. The predicted molar refractivity (Wildman–Crippen MR) is 134 cm³/mol. The number of anilines is 3. The van der Waals surface area contributed by atoms with E-state index in [0.717, 1.165) is 56.4 Å². The molecule has 34 heavy (non-hydrogen) atoms. The molecule has 0 spiro atoms. The SMILES string of the molecule is CN1CCN(c2ccc3cc2CN(C)C/C=C/COCc2ccc(o2)-c2ccnc(n2)N3)CC1. The maximum absolute atomic E-state index is 5.93. The lowest BCUT2D eigenvalue weighted by Crippen LogP contribution is -2.45. The van der Waals surface area contributed by atoms with Gasteiger partial charge in [-0.05, 0) is 56.1 Å². The van der Waals surface area contributed by atoms with Crippen LogP contribution in [0.25, 0.3) is 11.5 Å². The van der Waals surface area contributed by atoms with Crippen LogP contribution in [0.4, 0.5) is 17.3 Å². The average Bonchev–Trinajstić information content (AvgIpc) is 3.31. The summed E-state index contributed by atoms with van der Waals surface area (Å²) >= 11 is 0. The van der Waals surface area contributed by atoms with E-state index >= 15 is 0 Å². The summed E-state index contributed by atoms with van der Waals surface area (Å²) < 4.78 is 11.7. The van der Waals surface area contributed by atoms with Crippen LogP contribution in [0.2, 0.25) is 0 Å². The first-order chi connectivity index (χ1) is 16.6. The third-order valence-corrected chi connectivity index (χ3v) is 6.23. The zero-order valence-electron chi connectivity index (χ0n) is 19.9. The molecule has 0 radical (unpaired) electrons. The molecule has 1 fully saturated rings. The summed E-state index contributed by atoms with van der Waals surface area (Å²) in [5.74, 6) is 2.02. The normalized spacial score (nSPS) is 19.2. The van der Waals surface area contributed by atoms with E-state index in [1.807, 2.05) is 18.2 Å². The molecular formula is C26H32N6O2. The minimum absolute atomic E-state index is 0.426. The maximum atomic E-state index is 5.93. The van der Waals surface area contributed by atoms with Gasteiger partial charge in [0.1, 0.15) is 18.1 Å².